The molecule has 6 rings (SSSR count). The summed E-state index contributed by atoms with van der Waals surface area (Å²) in [4.78, 5) is 12.9. The van der Waals surface area contributed by atoms with Gasteiger partial charge in [-0.25, -0.2) is 15.0 Å². The van der Waals surface area contributed by atoms with E-state index < -0.39 is 17.6 Å². The number of pyridine rings is 1. The number of rotatable bonds is 2. The maximum Gasteiger partial charge on any atom is 0.145 e. The normalized spacial score (nSPS) is 29.1. The van der Waals surface area contributed by atoms with Crippen molar-refractivity contribution >= 4 is 49.5 Å². The molecular formula is C24H23BrN6O2. The van der Waals surface area contributed by atoms with Crippen LogP contribution in [-0.4, -0.2) is 41.9 Å². The van der Waals surface area contributed by atoms with Gasteiger partial charge in [0.1, 0.15) is 29.7 Å². The van der Waals surface area contributed by atoms with Crippen LogP contribution in [0.15, 0.2) is 59.5 Å². The number of nitrogen functional groups attached to an aromatic ring is 2. The highest BCUT2D eigenvalue weighted by Gasteiger charge is 2.54. The number of hydrogen-bond acceptors (Lipinski definition) is 7. The van der Waals surface area contributed by atoms with Crippen molar-refractivity contribution in [1.29, 1.82) is 0 Å². The number of allylic oxidation sites excluding steroid dienone is 1. The van der Waals surface area contributed by atoms with E-state index >= 15 is 0 Å². The summed E-state index contributed by atoms with van der Waals surface area (Å²) in [7, 11) is 0. The average molecular weight is 507 g/mol. The van der Waals surface area contributed by atoms with Crippen molar-refractivity contribution in [2.75, 3.05) is 11.5 Å². The topological polar surface area (TPSA) is 136 Å². The maximum atomic E-state index is 11.1. The summed E-state index contributed by atoms with van der Waals surface area (Å²) in [5.74, 6) is 0.972. The van der Waals surface area contributed by atoms with Gasteiger partial charge in [0.05, 0.1) is 27.5 Å². The number of nitrogens with two attached hydrogens (primary N) is 2. The lowest BCUT2D eigenvalue weighted by Crippen LogP contribution is -2.34. The Kier molecular flexibility index (Phi) is 4.52. The van der Waals surface area contributed by atoms with Crippen LogP contribution in [0.3, 0.4) is 0 Å². The van der Waals surface area contributed by atoms with Gasteiger partial charge >= 0.3 is 0 Å². The fourth-order valence-corrected chi connectivity index (χ4v) is 5.89. The first-order valence-electron chi connectivity index (χ1n) is 10.8. The molecule has 4 aromatic rings. The molecule has 1 fully saturated rings. The van der Waals surface area contributed by atoms with E-state index in [-0.39, 0.29) is 12.0 Å². The Hall–Kier alpha value is -3.01. The van der Waals surface area contributed by atoms with Gasteiger partial charge in [0, 0.05) is 22.9 Å². The molecule has 3 heterocycles. The molecule has 2 aliphatic rings. The van der Waals surface area contributed by atoms with E-state index in [1.165, 1.54) is 6.33 Å². The number of nitrogens with zero attached hydrogens (tertiary/aromatic N) is 4. The first kappa shape index (κ1) is 20.6. The summed E-state index contributed by atoms with van der Waals surface area (Å²) in [5.41, 5.74) is 14.1. The average Bonchev–Trinajstić information content (AvgIpc) is 3.48. The second-order valence-corrected chi connectivity index (χ2v) is 9.99. The Morgan fingerprint density at radius 1 is 1.06 bits per heavy atom. The molecule has 5 atom stereocenters. The predicted octanol–water partition coefficient (Wildman–Crippen LogP) is 3.30. The molecule has 0 bridgehead atoms. The highest BCUT2D eigenvalue weighted by Crippen LogP contribution is 2.55. The van der Waals surface area contributed by atoms with Crippen LogP contribution in [0.5, 0.6) is 0 Å². The van der Waals surface area contributed by atoms with Crippen LogP contribution in [0.1, 0.15) is 30.4 Å². The molecule has 0 amide bonds. The summed E-state index contributed by atoms with van der Waals surface area (Å²) >= 11 is 3.43. The Morgan fingerprint density at radius 2 is 1.91 bits per heavy atom. The van der Waals surface area contributed by atoms with E-state index in [1.807, 2.05) is 29.0 Å². The molecule has 0 aliphatic heterocycles. The summed E-state index contributed by atoms with van der Waals surface area (Å²) in [6.07, 6.45) is 7.00. The van der Waals surface area contributed by atoms with E-state index in [0.717, 1.165) is 26.3 Å². The SMILES string of the molecule is Nc1nc2cc(C3C=CC4(C3)CC(n3ccc5c(N)ncnc53)C(O)C4O)ccc2cc1Br. The molecule has 0 saturated heterocycles. The van der Waals surface area contributed by atoms with Crippen molar-refractivity contribution in [3.63, 3.8) is 0 Å². The molecular weight excluding hydrogens is 484 g/mol. The van der Waals surface area contributed by atoms with Gasteiger partial charge in [0.25, 0.3) is 0 Å². The lowest BCUT2D eigenvalue weighted by molar-refractivity contribution is -0.0129. The van der Waals surface area contributed by atoms with Crippen LogP contribution in [0.2, 0.25) is 0 Å². The number of fused-ring (bicyclic) bond motifs is 2. The standard InChI is InChI=1S/C24H23BrN6O2/c25-16-7-13-2-1-12(8-17(13)30-22(16)27)14-3-5-24(9-14)10-18(19(32)20(24)33)31-6-4-15-21(26)28-11-29-23(15)31/h1-8,11,14,18-20,32-33H,9-10H2,(H2,27,30)(H2,26,28,29). The fourth-order valence-electron chi connectivity index (χ4n) is 5.56. The van der Waals surface area contributed by atoms with Crippen molar-refractivity contribution in [3.8, 4) is 0 Å². The summed E-state index contributed by atoms with van der Waals surface area (Å²) in [6, 6.07) is 9.70. The molecule has 1 aromatic carbocycles. The second kappa shape index (κ2) is 7.24. The molecule has 33 heavy (non-hydrogen) atoms. The lowest BCUT2D eigenvalue weighted by atomic mass is 9.80. The number of aliphatic hydroxyl groups excluding tert-OH is 2. The van der Waals surface area contributed by atoms with Crippen LogP contribution in [-0.2, 0) is 0 Å². The van der Waals surface area contributed by atoms with E-state index in [4.69, 9.17) is 11.5 Å². The van der Waals surface area contributed by atoms with Gasteiger partial charge in [-0.2, -0.15) is 0 Å². The van der Waals surface area contributed by atoms with Crippen LogP contribution >= 0.6 is 15.9 Å². The van der Waals surface area contributed by atoms with Gasteiger partial charge in [-0.1, -0.05) is 24.3 Å². The second-order valence-electron chi connectivity index (χ2n) is 9.14. The van der Waals surface area contributed by atoms with Crippen molar-refractivity contribution in [2.24, 2.45) is 5.41 Å². The minimum atomic E-state index is -0.921. The number of anilines is 2. The van der Waals surface area contributed by atoms with E-state index in [9.17, 15) is 10.2 Å². The molecule has 8 nitrogen and oxygen atoms in total. The van der Waals surface area contributed by atoms with Crippen LogP contribution in [0.4, 0.5) is 11.6 Å². The first-order chi connectivity index (χ1) is 15.9. The van der Waals surface area contributed by atoms with Gasteiger partial charge in [0.2, 0.25) is 0 Å². The molecule has 9 heteroatoms. The Labute approximate surface area is 198 Å². The van der Waals surface area contributed by atoms with Gasteiger partial charge in [0.15, 0.2) is 0 Å². The molecule has 5 unspecified atom stereocenters. The minimum Gasteiger partial charge on any atom is -0.389 e. The first-order valence-corrected chi connectivity index (χ1v) is 11.6. The number of aliphatic hydroxyl groups is 2. The van der Waals surface area contributed by atoms with Crippen molar-refractivity contribution < 1.29 is 10.2 Å². The molecule has 1 saturated carbocycles. The van der Waals surface area contributed by atoms with Gasteiger partial charge in [-0.3, -0.25) is 0 Å². The smallest absolute Gasteiger partial charge is 0.145 e. The largest absolute Gasteiger partial charge is 0.389 e. The molecule has 1 spiro atoms. The van der Waals surface area contributed by atoms with Gasteiger partial charge in [-0.15, -0.1) is 0 Å². The Morgan fingerprint density at radius 3 is 2.76 bits per heavy atom. The summed E-state index contributed by atoms with van der Waals surface area (Å²) < 4.78 is 2.69. The zero-order valence-corrected chi connectivity index (χ0v) is 19.2. The van der Waals surface area contributed by atoms with Crippen molar-refractivity contribution in [1.82, 2.24) is 19.5 Å². The highest BCUT2D eigenvalue weighted by molar-refractivity contribution is 9.10. The molecule has 6 N–H and O–H groups in total. The quantitative estimate of drug-likeness (QED) is 0.306. The highest BCUT2D eigenvalue weighted by atomic mass is 79.9. The minimum absolute atomic E-state index is 0.112. The van der Waals surface area contributed by atoms with E-state index in [2.05, 4.69) is 55.2 Å². The van der Waals surface area contributed by atoms with E-state index in [0.29, 0.717) is 30.1 Å². The monoisotopic (exact) mass is 506 g/mol. The maximum absolute atomic E-state index is 11.1. The third kappa shape index (κ3) is 3.07. The summed E-state index contributed by atoms with van der Waals surface area (Å²) in [6.45, 7) is 0. The third-order valence-corrected chi connectivity index (χ3v) is 7.94. The molecule has 0 radical (unpaired) electrons. The lowest BCUT2D eigenvalue weighted by Gasteiger charge is -2.27. The predicted molar refractivity (Wildman–Crippen MR) is 130 cm³/mol. The molecule has 2 aliphatic carbocycles. The van der Waals surface area contributed by atoms with Crippen LogP contribution in [0, 0.1) is 5.41 Å². The van der Waals surface area contributed by atoms with Crippen molar-refractivity contribution in [3.05, 3.63) is 65.0 Å². The zero-order chi connectivity index (χ0) is 22.9. The third-order valence-electron chi connectivity index (χ3n) is 7.30. The fraction of sp³-hybridized carbons (Fsp3) is 0.292. The van der Waals surface area contributed by atoms with Gasteiger partial charge in [-0.05, 0) is 52.5 Å². The number of halogens is 1. The molecule has 3 aromatic heterocycles. The van der Waals surface area contributed by atoms with Gasteiger partial charge < -0.3 is 26.2 Å². The van der Waals surface area contributed by atoms with E-state index in [1.54, 1.807) is 0 Å². The Bertz CT molecular complexity index is 1440. The number of aromatic nitrogens is 4. The summed E-state index contributed by atoms with van der Waals surface area (Å²) in [5, 5.41) is 23.9. The number of benzene rings is 1. The van der Waals surface area contributed by atoms with Crippen LogP contribution in [0.25, 0.3) is 21.9 Å². The van der Waals surface area contributed by atoms with Crippen molar-refractivity contribution in [2.45, 2.75) is 37.0 Å². The zero-order valence-electron chi connectivity index (χ0n) is 17.6. The Balaban J connectivity index is 1.31. The number of hydrogen-bond donors (Lipinski definition) is 4. The van der Waals surface area contributed by atoms with Crippen LogP contribution < -0.4 is 11.5 Å². The molecule has 168 valence electrons.